The maximum atomic E-state index is 12.1. The molecule has 0 spiro atoms. The summed E-state index contributed by atoms with van der Waals surface area (Å²) in [5.41, 5.74) is 9.26. The summed E-state index contributed by atoms with van der Waals surface area (Å²) < 4.78 is 40.1. The summed E-state index contributed by atoms with van der Waals surface area (Å²) in [5.74, 6) is 4.18. The normalized spacial score (nSPS) is 11.1. The van der Waals surface area contributed by atoms with Gasteiger partial charge in [0.1, 0.15) is 5.75 Å². The van der Waals surface area contributed by atoms with Gasteiger partial charge in [-0.2, -0.15) is 0 Å². The number of carbonyl (C=O) groups is 1. The van der Waals surface area contributed by atoms with Gasteiger partial charge in [-0.15, -0.1) is 13.2 Å². The van der Waals surface area contributed by atoms with Crippen molar-refractivity contribution in [3.8, 4) is 16.9 Å². The predicted octanol–water partition coefficient (Wildman–Crippen LogP) is 2.44. The second-order valence-electron chi connectivity index (χ2n) is 4.35. The molecule has 1 amide bonds. The highest BCUT2D eigenvalue weighted by Crippen LogP contribution is 2.28. The Morgan fingerprint density at radius 2 is 1.64 bits per heavy atom. The van der Waals surface area contributed by atoms with Crippen LogP contribution in [-0.2, 0) is 0 Å². The third-order valence-electron chi connectivity index (χ3n) is 2.85. The van der Waals surface area contributed by atoms with Crippen molar-refractivity contribution in [3.05, 3.63) is 48.0 Å². The summed E-state index contributed by atoms with van der Waals surface area (Å²) >= 11 is 0. The SMILES string of the molecule is NNC(=O)c1cc(-c2ccc(OC(F)(F)F)cc2)ccc1N. The van der Waals surface area contributed by atoms with Crippen LogP contribution in [-0.4, -0.2) is 12.3 Å². The summed E-state index contributed by atoms with van der Waals surface area (Å²) in [6, 6.07) is 9.90. The average Bonchev–Trinajstić information content (AvgIpc) is 2.46. The number of nitrogens with one attached hydrogen (secondary N) is 1. The van der Waals surface area contributed by atoms with Crippen LogP contribution in [0.1, 0.15) is 10.4 Å². The first-order valence-corrected chi connectivity index (χ1v) is 6.07. The van der Waals surface area contributed by atoms with E-state index in [2.05, 4.69) is 4.74 Å². The summed E-state index contributed by atoms with van der Waals surface area (Å²) in [5, 5.41) is 0. The highest BCUT2D eigenvalue weighted by molar-refractivity contribution is 6.00. The number of benzene rings is 2. The Morgan fingerprint density at radius 1 is 1.05 bits per heavy atom. The molecule has 0 heterocycles. The van der Waals surface area contributed by atoms with Gasteiger partial charge in [0.05, 0.1) is 5.56 Å². The quantitative estimate of drug-likeness (QED) is 0.351. The lowest BCUT2D eigenvalue weighted by Gasteiger charge is -2.10. The molecule has 0 unspecified atom stereocenters. The van der Waals surface area contributed by atoms with Crippen LogP contribution in [0.2, 0.25) is 0 Å². The molecule has 0 radical (unpaired) electrons. The highest BCUT2D eigenvalue weighted by atomic mass is 19.4. The standard InChI is InChI=1S/C14H12F3N3O2/c15-14(16,17)22-10-4-1-8(2-5-10)9-3-6-12(18)11(7-9)13(21)20-19/h1-7H,18-19H2,(H,20,21). The molecule has 0 atom stereocenters. The fraction of sp³-hybridized carbons (Fsp3) is 0.0714. The zero-order chi connectivity index (χ0) is 16.3. The summed E-state index contributed by atoms with van der Waals surface area (Å²) in [7, 11) is 0. The molecule has 2 aromatic carbocycles. The molecule has 0 saturated heterocycles. The molecule has 5 nitrogen and oxygen atoms in total. The number of anilines is 1. The lowest BCUT2D eigenvalue weighted by Crippen LogP contribution is -2.30. The van der Waals surface area contributed by atoms with Gasteiger partial charge in [0.25, 0.3) is 5.91 Å². The maximum Gasteiger partial charge on any atom is 0.573 e. The van der Waals surface area contributed by atoms with E-state index in [1.807, 2.05) is 5.43 Å². The van der Waals surface area contributed by atoms with Gasteiger partial charge in [-0.25, -0.2) is 5.84 Å². The molecule has 5 N–H and O–H groups in total. The van der Waals surface area contributed by atoms with Gasteiger partial charge in [-0.05, 0) is 35.4 Å². The zero-order valence-electron chi connectivity index (χ0n) is 11.1. The number of halogens is 3. The van der Waals surface area contributed by atoms with Gasteiger partial charge in [0, 0.05) is 5.69 Å². The van der Waals surface area contributed by atoms with Crippen LogP contribution >= 0.6 is 0 Å². The number of nitrogens with two attached hydrogens (primary N) is 2. The molecule has 0 aliphatic carbocycles. The first kappa shape index (κ1) is 15.6. The number of hydrazine groups is 1. The van der Waals surface area contributed by atoms with Crippen molar-refractivity contribution in [3.63, 3.8) is 0 Å². The van der Waals surface area contributed by atoms with Gasteiger partial charge < -0.3 is 10.5 Å². The van der Waals surface area contributed by atoms with E-state index in [1.54, 1.807) is 6.07 Å². The molecule has 8 heteroatoms. The molecular weight excluding hydrogens is 299 g/mol. The number of alkyl halides is 3. The third-order valence-corrected chi connectivity index (χ3v) is 2.85. The fourth-order valence-corrected chi connectivity index (χ4v) is 1.86. The van der Waals surface area contributed by atoms with E-state index in [0.717, 1.165) is 0 Å². The van der Waals surface area contributed by atoms with Crippen molar-refractivity contribution >= 4 is 11.6 Å². The molecule has 2 aromatic rings. The van der Waals surface area contributed by atoms with Gasteiger partial charge in [-0.3, -0.25) is 10.2 Å². The Hall–Kier alpha value is -2.74. The lowest BCUT2D eigenvalue weighted by molar-refractivity contribution is -0.274. The molecule has 0 bridgehead atoms. The number of rotatable bonds is 3. The van der Waals surface area contributed by atoms with E-state index in [9.17, 15) is 18.0 Å². The summed E-state index contributed by atoms with van der Waals surface area (Å²) in [6.45, 7) is 0. The van der Waals surface area contributed by atoms with Crippen LogP contribution in [0, 0.1) is 0 Å². The van der Waals surface area contributed by atoms with E-state index in [4.69, 9.17) is 11.6 Å². The van der Waals surface area contributed by atoms with Crippen LogP contribution in [0.25, 0.3) is 11.1 Å². The molecule has 0 fully saturated rings. The third kappa shape index (κ3) is 3.67. The Balaban J connectivity index is 2.31. The van der Waals surface area contributed by atoms with E-state index >= 15 is 0 Å². The van der Waals surface area contributed by atoms with E-state index in [1.165, 1.54) is 36.4 Å². The van der Waals surface area contributed by atoms with E-state index in [0.29, 0.717) is 11.1 Å². The van der Waals surface area contributed by atoms with Gasteiger partial charge in [-0.1, -0.05) is 18.2 Å². The number of carbonyl (C=O) groups excluding carboxylic acids is 1. The molecule has 116 valence electrons. The second-order valence-corrected chi connectivity index (χ2v) is 4.35. The van der Waals surface area contributed by atoms with Crippen LogP contribution in [0.4, 0.5) is 18.9 Å². The first-order chi connectivity index (χ1) is 10.3. The number of hydrogen-bond acceptors (Lipinski definition) is 4. The van der Waals surface area contributed by atoms with Crippen LogP contribution < -0.4 is 21.7 Å². The molecule has 0 saturated carbocycles. The zero-order valence-corrected chi connectivity index (χ0v) is 11.1. The van der Waals surface area contributed by atoms with E-state index in [-0.39, 0.29) is 17.0 Å². The smallest absolute Gasteiger partial charge is 0.406 e. The van der Waals surface area contributed by atoms with Crippen molar-refractivity contribution in [2.45, 2.75) is 6.36 Å². The number of amides is 1. The Kier molecular flexibility index (Phi) is 4.22. The Bertz CT molecular complexity index is 685. The summed E-state index contributed by atoms with van der Waals surface area (Å²) in [6.07, 6.45) is -4.74. The maximum absolute atomic E-state index is 12.1. The largest absolute Gasteiger partial charge is 0.573 e. The molecule has 22 heavy (non-hydrogen) atoms. The molecule has 2 rings (SSSR count). The van der Waals surface area contributed by atoms with Crippen molar-refractivity contribution < 1.29 is 22.7 Å². The van der Waals surface area contributed by atoms with Crippen molar-refractivity contribution in [1.82, 2.24) is 5.43 Å². The summed E-state index contributed by atoms with van der Waals surface area (Å²) in [4.78, 5) is 11.6. The van der Waals surface area contributed by atoms with Crippen LogP contribution in [0.5, 0.6) is 5.75 Å². The first-order valence-electron chi connectivity index (χ1n) is 6.07. The monoisotopic (exact) mass is 311 g/mol. The van der Waals surface area contributed by atoms with Crippen molar-refractivity contribution in [2.24, 2.45) is 5.84 Å². The molecular formula is C14H12F3N3O2. The minimum atomic E-state index is -4.74. The lowest BCUT2D eigenvalue weighted by atomic mass is 10.0. The molecule has 0 aliphatic heterocycles. The number of ether oxygens (including phenoxy) is 1. The van der Waals surface area contributed by atoms with E-state index < -0.39 is 12.3 Å². The van der Waals surface area contributed by atoms with Crippen LogP contribution in [0.15, 0.2) is 42.5 Å². The number of nitrogen functional groups attached to an aromatic ring is 2. The molecule has 0 aliphatic rings. The van der Waals surface area contributed by atoms with Crippen molar-refractivity contribution in [2.75, 3.05) is 5.73 Å². The minimum absolute atomic E-state index is 0.176. The average molecular weight is 311 g/mol. The number of hydrogen-bond donors (Lipinski definition) is 3. The minimum Gasteiger partial charge on any atom is -0.406 e. The van der Waals surface area contributed by atoms with Gasteiger partial charge in [0.15, 0.2) is 0 Å². The second kappa shape index (κ2) is 5.94. The van der Waals surface area contributed by atoms with Gasteiger partial charge in [0.2, 0.25) is 0 Å². The predicted molar refractivity (Wildman–Crippen MR) is 74.6 cm³/mol. The fourth-order valence-electron chi connectivity index (χ4n) is 1.86. The topological polar surface area (TPSA) is 90.4 Å². The highest BCUT2D eigenvalue weighted by Gasteiger charge is 2.30. The molecule has 0 aromatic heterocycles. The van der Waals surface area contributed by atoms with Crippen molar-refractivity contribution in [1.29, 1.82) is 0 Å². The Morgan fingerprint density at radius 3 is 2.18 bits per heavy atom. The van der Waals surface area contributed by atoms with Crippen LogP contribution in [0.3, 0.4) is 0 Å². The van der Waals surface area contributed by atoms with Gasteiger partial charge >= 0.3 is 6.36 Å². The Labute approximate surface area is 123 Å².